The van der Waals surface area contributed by atoms with E-state index in [1.54, 1.807) is 24.3 Å². The van der Waals surface area contributed by atoms with Crippen molar-refractivity contribution in [3.05, 3.63) is 57.6 Å². The highest BCUT2D eigenvalue weighted by Crippen LogP contribution is 2.53. The van der Waals surface area contributed by atoms with Crippen molar-refractivity contribution in [1.29, 1.82) is 0 Å². The largest absolute Gasteiger partial charge is 0.507 e. The summed E-state index contributed by atoms with van der Waals surface area (Å²) in [6.07, 6.45) is -0.603. The maximum Gasteiger partial charge on any atom is 0.198 e. The fraction of sp³-hybridized carbons (Fsp3) is 0.500. The lowest BCUT2D eigenvalue weighted by molar-refractivity contribution is -0.241. The Morgan fingerprint density at radius 1 is 1.00 bits per heavy atom. The number of fused-ring (bicyclic) bond motifs is 4. The molecule has 3 fully saturated rings. The molecule has 2 aromatic rings. The van der Waals surface area contributed by atoms with E-state index in [1.807, 2.05) is 13.8 Å². The van der Waals surface area contributed by atoms with Gasteiger partial charge in [-0.3, -0.25) is 20.2 Å². The summed E-state index contributed by atoms with van der Waals surface area (Å²) >= 11 is 0. The van der Waals surface area contributed by atoms with E-state index in [1.165, 1.54) is 0 Å². The molecule has 4 N–H and O–H groups in total. The number of hydrogen-bond acceptors (Lipinski definition) is 10. The number of aromatic hydroxyl groups is 2. The van der Waals surface area contributed by atoms with Crippen LogP contribution in [-0.4, -0.2) is 71.4 Å². The van der Waals surface area contributed by atoms with Gasteiger partial charge in [0.05, 0.1) is 48.4 Å². The van der Waals surface area contributed by atoms with Crippen LogP contribution in [0.1, 0.15) is 75.8 Å². The average molecular weight is 523 g/mol. The van der Waals surface area contributed by atoms with Crippen LogP contribution in [0, 0.1) is 0 Å². The number of phenols is 2. The third-order valence-electron chi connectivity index (χ3n) is 8.97. The first-order valence-electron chi connectivity index (χ1n) is 13.1. The fourth-order valence-electron chi connectivity index (χ4n) is 6.92. The van der Waals surface area contributed by atoms with Crippen LogP contribution in [-0.2, 0) is 25.4 Å². The highest BCUT2D eigenvalue weighted by atomic mass is 16.7. The minimum Gasteiger partial charge on any atom is -0.507 e. The third kappa shape index (κ3) is 3.35. The van der Waals surface area contributed by atoms with Gasteiger partial charge in [0, 0.05) is 34.7 Å². The topological polar surface area (TPSA) is 136 Å². The molecular weight excluding hydrogens is 492 g/mol. The Morgan fingerprint density at radius 3 is 2.39 bits per heavy atom. The molecule has 10 nitrogen and oxygen atoms in total. The molecule has 7 atom stereocenters. The molecule has 0 unspecified atom stereocenters. The van der Waals surface area contributed by atoms with Crippen molar-refractivity contribution in [1.82, 2.24) is 10.6 Å². The van der Waals surface area contributed by atoms with Crippen LogP contribution in [0.15, 0.2) is 24.3 Å². The number of carbonyl (C=O) groups is 2. The quantitative estimate of drug-likeness (QED) is 0.370. The van der Waals surface area contributed by atoms with Crippen molar-refractivity contribution in [2.45, 2.75) is 75.4 Å². The zero-order valence-electron chi connectivity index (χ0n) is 21.2. The molecule has 38 heavy (non-hydrogen) atoms. The Hall–Kier alpha value is -2.86. The summed E-state index contributed by atoms with van der Waals surface area (Å²) in [5.41, 5.74) is 0.166. The van der Waals surface area contributed by atoms with Crippen LogP contribution >= 0.6 is 0 Å². The van der Waals surface area contributed by atoms with Crippen molar-refractivity contribution >= 4 is 11.6 Å². The molecule has 0 radical (unpaired) electrons. The number of ether oxygens (including phenoxy) is 4. The van der Waals surface area contributed by atoms with Crippen molar-refractivity contribution in [3.8, 4) is 11.5 Å². The van der Waals surface area contributed by atoms with Crippen molar-refractivity contribution in [3.63, 3.8) is 0 Å². The highest BCUT2D eigenvalue weighted by Gasteiger charge is 2.52. The van der Waals surface area contributed by atoms with Crippen LogP contribution in [0.5, 0.6) is 11.5 Å². The summed E-state index contributed by atoms with van der Waals surface area (Å²) in [4.78, 5) is 27.0. The van der Waals surface area contributed by atoms with E-state index >= 15 is 0 Å². The van der Waals surface area contributed by atoms with Gasteiger partial charge in [0.2, 0.25) is 0 Å². The summed E-state index contributed by atoms with van der Waals surface area (Å²) in [7, 11) is 0. The summed E-state index contributed by atoms with van der Waals surface area (Å²) in [6, 6.07) is 6.52. The van der Waals surface area contributed by atoms with Gasteiger partial charge in [-0.25, -0.2) is 0 Å². The fourth-order valence-corrected chi connectivity index (χ4v) is 6.92. The molecule has 7 rings (SSSR count). The lowest BCUT2D eigenvalue weighted by atomic mass is 9.70. The lowest BCUT2D eigenvalue weighted by Gasteiger charge is -2.44. The minimum atomic E-state index is -0.734. The zero-order valence-corrected chi connectivity index (χ0v) is 21.2. The van der Waals surface area contributed by atoms with E-state index in [2.05, 4.69) is 10.6 Å². The molecule has 3 saturated heterocycles. The lowest BCUT2D eigenvalue weighted by Crippen LogP contribution is -2.54. The zero-order chi connectivity index (χ0) is 26.3. The van der Waals surface area contributed by atoms with Crippen LogP contribution in [0.4, 0.5) is 0 Å². The molecule has 0 aromatic heterocycles. The molecule has 2 aromatic carbocycles. The molecule has 3 aliphatic heterocycles. The number of ketones is 2. The monoisotopic (exact) mass is 522 g/mol. The predicted molar refractivity (Wildman–Crippen MR) is 132 cm³/mol. The number of nitrogens with one attached hydrogen (secondary N) is 2. The van der Waals surface area contributed by atoms with Crippen LogP contribution in [0.25, 0.3) is 0 Å². The van der Waals surface area contributed by atoms with E-state index in [0.29, 0.717) is 43.9 Å². The van der Waals surface area contributed by atoms with Gasteiger partial charge in [-0.1, -0.05) is 24.3 Å². The van der Waals surface area contributed by atoms with Gasteiger partial charge in [0.1, 0.15) is 17.6 Å². The number of hydrogen-bond donors (Lipinski definition) is 4. The molecule has 5 aliphatic rings. The molecule has 2 aliphatic carbocycles. The number of phenolic OH excluding ortho intramolecular Hbond substituents is 2. The van der Waals surface area contributed by atoms with Gasteiger partial charge in [0.25, 0.3) is 0 Å². The normalized spacial score (nSPS) is 35.6. The van der Waals surface area contributed by atoms with Crippen molar-refractivity contribution < 1.29 is 38.7 Å². The Kier molecular flexibility index (Phi) is 5.46. The Balaban J connectivity index is 1.35. The second-order valence-electron chi connectivity index (χ2n) is 10.9. The molecule has 0 bridgehead atoms. The SMILES string of the molecule is C[C@@H]1O[C@@H](O[C@H]2C[C@]3(Cc4c(O)c5c(c(O)c42)C(=O)c2ccccc2C5=O)NCO[C@@H]3C)C[C@@H]2NCO[C@@H]21. The van der Waals surface area contributed by atoms with Crippen LogP contribution < -0.4 is 10.6 Å². The highest BCUT2D eigenvalue weighted by molar-refractivity contribution is 6.30. The van der Waals surface area contributed by atoms with E-state index in [0.717, 1.165) is 0 Å². The van der Waals surface area contributed by atoms with Gasteiger partial charge in [-0.05, 0) is 26.7 Å². The predicted octanol–water partition coefficient (Wildman–Crippen LogP) is 2.03. The molecule has 200 valence electrons. The van der Waals surface area contributed by atoms with E-state index in [-0.39, 0.29) is 58.1 Å². The summed E-state index contributed by atoms with van der Waals surface area (Å²) in [6.45, 7) is 4.66. The van der Waals surface area contributed by atoms with Gasteiger partial charge >= 0.3 is 0 Å². The second-order valence-corrected chi connectivity index (χ2v) is 10.9. The number of benzene rings is 2. The third-order valence-corrected chi connectivity index (χ3v) is 8.97. The molecule has 1 spiro atoms. The first kappa shape index (κ1) is 24.2. The Bertz CT molecular complexity index is 1360. The molecule has 10 heteroatoms. The van der Waals surface area contributed by atoms with Gasteiger partial charge in [0.15, 0.2) is 17.9 Å². The average Bonchev–Trinajstić information content (AvgIpc) is 3.51. The molecular formula is C28H30N2O8. The summed E-state index contributed by atoms with van der Waals surface area (Å²) in [5, 5.41) is 29.9. The number of rotatable bonds is 2. The first-order chi connectivity index (χ1) is 18.3. The van der Waals surface area contributed by atoms with Gasteiger partial charge in [-0.15, -0.1) is 0 Å². The van der Waals surface area contributed by atoms with Crippen molar-refractivity contribution in [2.24, 2.45) is 0 Å². The number of carbonyl (C=O) groups excluding carboxylic acids is 2. The van der Waals surface area contributed by atoms with Crippen LogP contribution in [0.2, 0.25) is 0 Å². The molecule has 3 heterocycles. The van der Waals surface area contributed by atoms with E-state index in [4.69, 9.17) is 18.9 Å². The van der Waals surface area contributed by atoms with Crippen LogP contribution in [0.3, 0.4) is 0 Å². The smallest absolute Gasteiger partial charge is 0.198 e. The van der Waals surface area contributed by atoms with Gasteiger partial charge in [-0.2, -0.15) is 0 Å². The molecule has 0 amide bonds. The van der Waals surface area contributed by atoms with Gasteiger partial charge < -0.3 is 29.2 Å². The maximum absolute atomic E-state index is 13.5. The Labute approximate surface area is 219 Å². The minimum absolute atomic E-state index is 0.0638. The summed E-state index contributed by atoms with van der Waals surface area (Å²) in [5.74, 6) is -1.61. The Morgan fingerprint density at radius 2 is 1.71 bits per heavy atom. The van der Waals surface area contributed by atoms with Crippen molar-refractivity contribution in [2.75, 3.05) is 13.5 Å². The van der Waals surface area contributed by atoms with E-state index in [9.17, 15) is 19.8 Å². The summed E-state index contributed by atoms with van der Waals surface area (Å²) < 4.78 is 24.3. The second kappa shape index (κ2) is 8.57. The maximum atomic E-state index is 13.5. The first-order valence-corrected chi connectivity index (χ1v) is 13.1. The standard InChI is InChI=1S/C28H30N2O8/c1-12-27-17(29-10-36-27)7-19(37-12)38-18-9-28(13(2)35-11-30-28)8-16-20(18)26(34)22-21(25(16)33)23(31)14-5-3-4-6-15(14)24(22)32/h3-6,12-13,17-19,27,29-30,33-34H,7-11H2,1-2H3/t12-,13+,17-,18-,19-,27+,28-/m0/s1. The molecule has 0 saturated carbocycles. The van der Waals surface area contributed by atoms with E-state index < -0.39 is 29.5 Å².